The summed E-state index contributed by atoms with van der Waals surface area (Å²) in [6.45, 7) is 2.16. The fourth-order valence-electron chi connectivity index (χ4n) is 3.45. The van der Waals surface area contributed by atoms with Gasteiger partial charge in [-0.2, -0.15) is 0 Å². The third-order valence-electron chi connectivity index (χ3n) is 4.53. The van der Waals surface area contributed by atoms with E-state index in [1.54, 1.807) is 0 Å². The number of aryl methyl sites for hydroxylation is 1. The Kier molecular flexibility index (Phi) is 3.19. The average molecular weight is 285 g/mol. The summed E-state index contributed by atoms with van der Waals surface area (Å²) in [4.78, 5) is 3.48. The lowest BCUT2D eigenvalue weighted by Crippen LogP contribution is -2.02. The molecule has 1 aliphatic rings. The lowest BCUT2D eigenvalue weighted by atomic mass is 9.85. The van der Waals surface area contributed by atoms with Gasteiger partial charge >= 0.3 is 0 Å². The molecule has 0 aliphatic heterocycles. The Bertz CT molecular complexity index is 865. The lowest BCUT2D eigenvalue weighted by Gasteiger charge is -2.18. The average Bonchev–Trinajstić information content (AvgIpc) is 3.20. The molecular weight excluding hydrogens is 266 g/mol. The summed E-state index contributed by atoms with van der Waals surface area (Å²) < 4.78 is 0. The number of rotatable bonds is 3. The first-order valence-corrected chi connectivity index (χ1v) is 7.83. The topological polar surface area (TPSA) is 15.8 Å². The molecule has 1 heteroatoms. The number of allylic oxidation sites excluding steroid dienone is 4. The number of aromatic nitrogens is 1. The molecule has 1 nitrogen and oxygen atoms in total. The highest BCUT2D eigenvalue weighted by Gasteiger charge is 2.22. The van der Waals surface area contributed by atoms with Crippen molar-refractivity contribution < 1.29 is 0 Å². The molecule has 1 aromatic heterocycles. The van der Waals surface area contributed by atoms with E-state index in [1.165, 1.54) is 33.2 Å². The van der Waals surface area contributed by atoms with Gasteiger partial charge in [0, 0.05) is 23.0 Å². The number of fused-ring (bicyclic) bond motifs is 1. The Labute approximate surface area is 131 Å². The minimum atomic E-state index is 0.301. The Morgan fingerprint density at radius 1 is 1.00 bits per heavy atom. The van der Waals surface area contributed by atoms with E-state index < -0.39 is 0 Å². The van der Waals surface area contributed by atoms with Crippen LogP contribution in [0.5, 0.6) is 0 Å². The van der Waals surface area contributed by atoms with E-state index in [9.17, 15) is 0 Å². The number of hydrogen-bond acceptors (Lipinski definition) is 0. The summed E-state index contributed by atoms with van der Waals surface area (Å²) in [6.07, 6.45) is 10.1. The molecule has 0 bridgehead atoms. The van der Waals surface area contributed by atoms with Crippen LogP contribution in [0.1, 0.15) is 29.0 Å². The number of aromatic amines is 1. The van der Waals surface area contributed by atoms with Gasteiger partial charge < -0.3 is 4.98 Å². The van der Waals surface area contributed by atoms with Crippen LogP contribution >= 0.6 is 0 Å². The predicted octanol–water partition coefficient (Wildman–Crippen LogP) is 5.49. The van der Waals surface area contributed by atoms with Crippen molar-refractivity contribution in [3.63, 3.8) is 0 Å². The van der Waals surface area contributed by atoms with Gasteiger partial charge in [0.2, 0.25) is 0 Å². The molecule has 1 unspecified atom stereocenters. The molecule has 1 aliphatic carbocycles. The SMILES string of the molecule is Cc1cccc2c(C(C3=CCC=C3)c3ccccc3)c[nH]c12. The minimum Gasteiger partial charge on any atom is -0.361 e. The van der Waals surface area contributed by atoms with Crippen LogP contribution in [-0.4, -0.2) is 4.98 Å². The Morgan fingerprint density at radius 3 is 2.64 bits per heavy atom. The van der Waals surface area contributed by atoms with Crippen molar-refractivity contribution in [2.75, 3.05) is 0 Å². The highest BCUT2D eigenvalue weighted by atomic mass is 14.7. The third-order valence-corrected chi connectivity index (χ3v) is 4.53. The lowest BCUT2D eigenvalue weighted by molar-refractivity contribution is 0.989. The fraction of sp³-hybridized carbons (Fsp3) is 0.143. The number of benzene rings is 2. The van der Waals surface area contributed by atoms with Gasteiger partial charge in [-0.1, -0.05) is 66.8 Å². The first kappa shape index (κ1) is 13.1. The summed E-state index contributed by atoms with van der Waals surface area (Å²) in [5, 5.41) is 1.33. The molecule has 0 saturated heterocycles. The summed E-state index contributed by atoms with van der Waals surface area (Å²) >= 11 is 0. The molecule has 4 rings (SSSR count). The highest BCUT2D eigenvalue weighted by Crippen LogP contribution is 2.38. The normalized spacial score (nSPS) is 15.2. The first-order valence-electron chi connectivity index (χ1n) is 7.83. The van der Waals surface area contributed by atoms with E-state index >= 15 is 0 Å². The van der Waals surface area contributed by atoms with Crippen molar-refractivity contribution in [3.05, 3.63) is 95.2 Å². The number of H-pyrrole nitrogens is 1. The van der Waals surface area contributed by atoms with Crippen LogP contribution in [0.3, 0.4) is 0 Å². The van der Waals surface area contributed by atoms with Crippen LogP contribution < -0.4 is 0 Å². The number of nitrogens with one attached hydrogen (secondary N) is 1. The molecule has 0 saturated carbocycles. The van der Waals surface area contributed by atoms with Crippen LogP contribution in [0.15, 0.2) is 78.5 Å². The van der Waals surface area contributed by atoms with Crippen molar-refractivity contribution in [2.45, 2.75) is 19.3 Å². The predicted molar refractivity (Wildman–Crippen MR) is 93.2 cm³/mol. The van der Waals surface area contributed by atoms with Gasteiger partial charge in [-0.25, -0.2) is 0 Å². The molecule has 2 aromatic carbocycles. The molecule has 108 valence electrons. The second-order valence-electron chi connectivity index (χ2n) is 5.93. The zero-order valence-electron chi connectivity index (χ0n) is 12.7. The van der Waals surface area contributed by atoms with Crippen molar-refractivity contribution in [2.24, 2.45) is 0 Å². The van der Waals surface area contributed by atoms with Crippen LogP contribution in [0.25, 0.3) is 10.9 Å². The molecule has 1 atom stereocenters. The first-order chi connectivity index (χ1) is 10.8. The highest BCUT2D eigenvalue weighted by molar-refractivity contribution is 5.87. The zero-order valence-corrected chi connectivity index (χ0v) is 12.7. The van der Waals surface area contributed by atoms with Crippen LogP contribution in [0.2, 0.25) is 0 Å². The molecule has 0 radical (unpaired) electrons. The second-order valence-corrected chi connectivity index (χ2v) is 5.93. The molecule has 22 heavy (non-hydrogen) atoms. The molecule has 3 aromatic rings. The van der Waals surface area contributed by atoms with Gasteiger partial charge in [0.05, 0.1) is 0 Å². The molecule has 0 fully saturated rings. The van der Waals surface area contributed by atoms with Crippen molar-refractivity contribution in [1.29, 1.82) is 0 Å². The van der Waals surface area contributed by atoms with Gasteiger partial charge in [-0.05, 0) is 35.6 Å². The smallest absolute Gasteiger partial charge is 0.0486 e. The van der Waals surface area contributed by atoms with Crippen molar-refractivity contribution in [1.82, 2.24) is 4.98 Å². The fourth-order valence-corrected chi connectivity index (χ4v) is 3.45. The third kappa shape index (κ3) is 2.10. The van der Waals surface area contributed by atoms with Gasteiger partial charge in [0.1, 0.15) is 0 Å². The molecular formula is C21H19N. The van der Waals surface area contributed by atoms with Crippen LogP contribution in [0.4, 0.5) is 0 Å². The van der Waals surface area contributed by atoms with E-state index in [2.05, 4.69) is 84.9 Å². The quantitative estimate of drug-likeness (QED) is 0.654. The van der Waals surface area contributed by atoms with Gasteiger partial charge in [0.15, 0.2) is 0 Å². The maximum Gasteiger partial charge on any atom is 0.0486 e. The Morgan fingerprint density at radius 2 is 1.86 bits per heavy atom. The summed E-state index contributed by atoms with van der Waals surface area (Å²) in [5.41, 5.74) is 6.66. The molecule has 0 spiro atoms. The van der Waals surface area contributed by atoms with E-state index in [-0.39, 0.29) is 0 Å². The summed E-state index contributed by atoms with van der Waals surface area (Å²) in [7, 11) is 0. The van der Waals surface area contributed by atoms with Crippen LogP contribution in [0, 0.1) is 6.92 Å². The number of para-hydroxylation sites is 1. The number of hydrogen-bond donors (Lipinski definition) is 1. The van der Waals surface area contributed by atoms with Crippen LogP contribution in [-0.2, 0) is 0 Å². The zero-order chi connectivity index (χ0) is 14.9. The maximum absolute atomic E-state index is 3.48. The maximum atomic E-state index is 3.48. The van der Waals surface area contributed by atoms with Crippen molar-refractivity contribution >= 4 is 10.9 Å². The minimum absolute atomic E-state index is 0.301. The summed E-state index contributed by atoms with van der Waals surface area (Å²) in [6, 6.07) is 17.3. The second kappa shape index (κ2) is 5.34. The van der Waals surface area contributed by atoms with Gasteiger partial charge in [-0.3, -0.25) is 0 Å². The van der Waals surface area contributed by atoms with E-state index in [0.717, 1.165) is 6.42 Å². The summed E-state index contributed by atoms with van der Waals surface area (Å²) in [5.74, 6) is 0.301. The monoisotopic (exact) mass is 285 g/mol. The van der Waals surface area contributed by atoms with E-state index in [4.69, 9.17) is 0 Å². The van der Waals surface area contributed by atoms with Crippen molar-refractivity contribution in [3.8, 4) is 0 Å². The Balaban J connectivity index is 1.94. The Hall–Kier alpha value is -2.54. The van der Waals surface area contributed by atoms with Gasteiger partial charge in [-0.15, -0.1) is 0 Å². The molecule has 1 heterocycles. The van der Waals surface area contributed by atoms with Gasteiger partial charge in [0.25, 0.3) is 0 Å². The standard InChI is InChI=1S/C21H19N/c1-15-8-7-13-18-19(14-22-21(15)18)20(17-11-5-6-12-17)16-9-3-2-4-10-16/h2-5,7-14,20,22H,6H2,1H3. The largest absolute Gasteiger partial charge is 0.361 e. The van der Waals surface area contributed by atoms with E-state index in [0.29, 0.717) is 5.92 Å². The van der Waals surface area contributed by atoms with E-state index in [1.807, 2.05) is 0 Å². The molecule has 0 amide bonds. The molecule has 1 N–H and O–H groups in total.